The summed E-state index contributed by atoms with van der Waals surface area (Å²) in [5.41, 5.74) is 1.38. The number of thioether (sulfide) groups is 1. The molecule has 0 aromatic heterocycles. The van der Waals surface area contributed by atoms with Gasteiger partial charge in [-0.2, -0.15) is 0 Å². The molecular formula is C17H22ClNOS. The van der Waals surface area contributed by atoms with Gasteiger partial charge in [-0.15, -0.1) is 11.8 Å². The molecule has 4 heteroatoms. The number of hydrogen-bond acceptors (Lipinski definition) is 2. The molecule has 0 fully saturated rings. The predicted molar refractivity (Wildman–Crippen MR) is 90.9 cm³/mol. The Morgan fingerprint density at radius 2 is 2.10 bits per heavy atom. The number of rotatable bonds is 6. The molecule has 0 radical (unpaired) electrons. The fourth-order valence-electron chi connectivity index (χ4n) is 2.38. The summed E-state index contributed by atoms with van der Waals surface area (Å²) in [6.07, 6.45) is 7.90. The summed E-state index contributed by atoms with van der Waals surface area (Å²) in [5.74, 6) is 0.129. The standard InChI is InChI=1S/C17H22ClNOS/c1-2-16(21-15-10-8-14(18)9-11-15)17(20)19-12-13-6-4-3-5-7-13/h6,8-11,16H,2-5,7,12H2,1H3,(H,19,20)/t16-/m0/s1. The third kappa shape index (κ3) is 5.40. The van der Waals surface area contributed by atoms with E-state index < -0.39 is 0 Å². The van der Waals surface area contributed by atoms with E-state index >= 15 is 0 Å². The molecule has 0 saturated carbocycles. The molecule has 1 N–H and O–H groups in total. The van der Waals surface area contributed by atoms with E-state index in [-0.39, 0.29) is 11.2 Å². The van der Waals surface area contributed by atoms with Gasteiger partial charge in [0.1, 0.15) is 0 Å². The van der Waals surface area contributed by atoms with Crippen LogP contribution in [0.4, 0.5) is 0 Å². The Bertz CT molecular complexity index is 498. The number of hydrogen-bond donors (Lipinski definition) is 1. The average molecular weight is 324 g/mol. The molecule has 1 amide bonds. The van der Waals surface area contributed by atoms with Gasteiger partial charge in [0.05, 0.1) is 5.25 Å². The largest absolute Gasteiger partial charge is 0.351 e. The highest BCUT2D eigenvalue weighted by Gasteiger charge is 2.18. The van der Waals surface area contributed by atoms with Crippen LogP contribution in [0.15, 0.2) is 40.8 Å². The Morgan fingerprint density at radius 1 is 1.33 bits per heavy atom. The van der Waals surface area contributed by atoms with Crippen molar-refractivity contribution < 1.29 is 4.79 Å². The third-order valence-corrected chi connectivity index (χ3v) is 5.26. The maximum absolute atomic E-state index is 12.3. The molecule has 2 rings (SSSR count). The van der Waals surface area contributed by atoms with Crippen LogP contribution in [0.2, 0.25) is 5.02 Å². The molecule has 2 nitrogen and oxygen atoms in total. The van der Waals surface area contributed by atoms with Crippen LogP contribution in [0.3, 0.4) is 0 Å². The molecular weight excluding hydrogens is 302 g/mol. The lowest BCUT2D eigenvalue weighted by Crippen LogP contribution is -2.33. The van der Waals surface area contributed by atoms with Crippen molar-refractivity contribution in [3.05, 3.63) is 40.9 Å². The fourth-order valence-corrected chi connectivity index (χ4v) is 3.48. The third-order valence-electron chi connectivity index (χ3n) is 3.63. The average Bonchev–Trinajstić information content (AvgIpc) is 2.53. The van der Waals surface area contributed by atoms with Crippen molar-refractivity contribution in [2.75, 3.05) is 6.54 Å². The summed E-state index contributed by atoms with van der Waals surface area (Å²) in [6.45, 7) is 2.75. The van der Waals surface area contributed by atoms with Crippen LogP contribution < -0.4 is 5.32 Å². The zero-order chi connectivity index (χ0) is 15.1. The minimum absolute atomic E-state index is 0.0460. The summed E-state index contributed by atoms with van der Waals surface area (Å²) >= 11 is 7.49. The molecule has 1 aromatic rings. The summed E-state index contributed by atoms with van der Waals surface area (Å²) in [7, 11) is 0. The van der Waals surface area contributed by atoms with Crippen molar-refractivity contribution in [3.8, 4) is 0 Å². The van der Waals surface area contributed by atoms with Gasteiger partial charge in [0, 0.05) is 16.5 Å². The van der Waals surface area contributed by atoms with Crippen molar-refractivity contribution in [3.63, 3.8) is 0 Å². The van der Waals surface area contributed by atoms with E-state index in [0.717, 1.165) is 29.2 Å². The number of halogens is 1. The second-order valence-corrected chi connectivity index (χ2v) is 7.01. The Morgan fingerprint density at radius 3 is 2.71 bits per heavy atom. The molecule has 21 heavy (non-hydrogen) atoms. The zero-order valence-electron chi connectivity index (χ0n) is 12.4. The van der Waals surface area contributed by atoms with Crippen LogP contribution >= 0.6 is 23.4 Å². The van der Waals surface area contributed by atoms with Crippen molar-refractivity contribution in [1.82, 2.24) is 5.32 Å². The number of nitrogens with one attached hydrogen (secondary N) is 1. The van der Waals surface area contributed by atoms with Crippen LogP contribution in [0.5, 0.6) is 0 Å². The number of carbonyl (C=O) groups is 1. The van der Waals surface area contributed by atoms with Crippen LogP contribution in [-0.4, -0.2) is 17.7 Å². The van der Waals surface area contributed by atoms with E-state index in [1.807, 2.05) is 31.2 Å². The Labute approximate surface area is 136 Å². The summed E-state index contributed by atoms with van der Waals surface area (Å²) in [4.78, 5) is 13.4. The van der Waals surface area contributed by atoms with Crippen molar-refractivity contribution in [2.45, 2.75) is 49.2 Å². The highest BCUT2D eigenvalue weighted by Crippen LogP contribution is 2.27. The van der Waals surface area contributed by atoms with E-state index in [1.54, 1.807) is 11.8 Å². The monoisotopic (exact) mass is 323 g/mol. The van der Waals surface area contributed by atoms with Gasteiger partial charge >= 0.3 is 0 Å². The molecule has 0 saturated heterocycles. The minimum Gasteiger partial charge on any atom is -0.351 e. The van der Waals surface area contributed by atoms with Gasteiger partial charge in [-0.25, -0.2) is 0 Å². The van der Waals surface area contributed by atoms with Crippen LogP contribution in [0.25, 0.3) is 0 Å². The fraction of sp³-hybridized carbons (Fsp3) is 0.471. The number of benzene rings is 1. The van der Waals surface area contributed by atoms with Crippen LogP contribution in [0.1, 0.15) is 39.0 Å². The topological polar surface area (TPSA) is 29.1 Å². The second-order valence-electron chi connectivity index (χ2n) is 5.29. The minimum atomic E-state index is -0.0460. The van der Waals surface area contributed by atoms with Gasteiger partial charge in [-0.05, 0) is 56.4 Å². The van der Waals surface area contributed by atoms with E-state index in [0.29, 0.717) is 6.54 Å². The van der Waals surface area contributed by atoms with Crippen LogP contribution in [0, 0.1) is 0 Å². The van der Waals surface area contributed by atoms with E-state index in [1.165, 1.54) is 18.4 Å². The van der Waals surface area contributed by atoms with Gasteiger partial charge in [0.15, 0.2) is 0 Å². The Hall–Kier alpha value is -0.930. The Balaban J connectivity index is 1.86. The first-order valence-corrected chi connectivity index (χ1v) is 8.82. The van der Waals surface area contributed by atoms with Gasteiger partial charge in [0.2, 0.25) is 5.91 Å². The molecule has 1 aliphatic carbocycles. The molecule has 1 aliphatic rings. The number of amides is 1. The highest BCUT2D eigenvalue weighted by molar-refractivity contribution is 8.00. The van der Waals surface area contributed by atoms with E-state index in [2.05, 4.69) is 11.4 Å². The van der Waals surface area contributed by atoms with Crippen LogP contribution in [-0.2, 0) is 4.79 Å². The highest BCUT2D eigenvalue weighted by atomic mass is 35.5. The summed E-state index contributed by atoms with van der Waals surface area (Å²) in [6, 6.07) is 7.65. The predicted octanol–water partition coefficient (Wildman–Crippen LogP) is 4.83. The van der Waals surface area contributed by atoms with Gasteiger partial charge in [0.25, 0.3) is 0 Å². The summed E-state index contributed by atoms with van der Waals surface area (Å²) in [5, 5.41) is 3.76. The molecule has 114 valence electrons. The van der Waals surface area contributed by atoms with Crippen molar-refractivity contribution >= 4 is 29.3 Å². The molecule has 0 spiro atoms. The first-order valence-electron chi connectivity index (χ1n) is 7.57. The number of allylic oxidation sites excluding steroid dienone is 1. The number of carbonyl (C=O) groups excluding carboxylic acids is 1. The lowest BCUT2D eigenvalue weighted by molar-refractivity contribution is -0.120. The molecule has 1 atom stereocenters. The van der Waals surface area contributed by atoms with Gasteiger partial charge < -0.3 is 5.32 Å². The van der Waals surface area contributed by atoms with Gasteiger partial charge in [-0.3, -0.25) is 4.79 Å². The van der Waals surface area contributed by atoms with Crippen molar-refractivity contribution in [2.24, 2.45) is 0 Å². The molecule has 0 bridgehead atoms. The van der Waals surface area contributed by atoms with Crippen molar-refractivity contribution in [1.29, 1.82) is 0 Å². The molecule has 0 unspecified atom stereocenters. The van der Waals surface area contributed by atoms with Gasteiger partial charge in [-0.1, -0.05) is 30.2 Å². The second kappa shape index (κ2) is 8.50. The lowest BCUT2D eigenvalue weighted by atomic mass is 10.00. The first-order chi connectivity index (χ1) is 10.2. The molecule has 0 aliphatic heterocycles. The molecule has 1 aromatic carbocycles. The smallest absolute Gasteiger partial charge is 0.233 e. The Kier molecular flexibility index (Phi) is 6.65. The summed E-state index contributed by atoms with van der Waals surface area (Å²) < 4.78 is 0. The maximum atomic E-state index is 12.3. The van der Waals surface area contributed by atoms with E-state index in [4.69, 9.17) is 11.6 Å². The van der Waals surface area contributed by atoms with E-state index in [9.17, 15) is 4.79 Å². The maximum Gasteiger partial charge on any atom is 0.233 e. The lowest BCUT2D eigenvalue weighted by Gasteiger charge is -2.17. The SMILES string of the molecule is CC[C@H](Sc1ccc(Cl)cc1)C(=O)NCC1=CCCCC1. The quantitative estimate of drug-likeness (QED) is 0.600. The first kappa shape index (κ1) is 16.4. The zero-order valence-corrected chi connectivity index (χ0v) is 14.0. The molecule has 0 heterocycles. The normalized spacial score (nSPS) is 16.2.